The van der Waals surface area contributed by atoms with Gasteiger partial charge in [0.25, 0.3) is 11.5 Å². The maximum absolute atomic E-state index is 12.7. The van der Waals surface area contributed by atoms with Crippen LogP contribution in [-0.2, 0) is 16.6 Å². The summed E-state index contributed by atoms with van der Waals surface area (Å²) in [6.45, 7) is 4.87. The van der Waals surface area contributed by atoms with Crippen molar-refractivity contribution in [1.29, 1.82) is 0 Å². The van der Waals surface area contributed by atoms with E-state index in [1.165, 1.54) is 4.68 Å². The molecule has 1 aromatic heterocycles. The van der Waals surface area contributed by atoms with Gasteiger partial charge in [-0.2, -0.15) is 0 Å². The quantitative estimate of drug-likeness (QED) is 0.820. The number of azo groups is 1. The molecule has 1 aromatic carbocycles. The molecule has 3 rings (SSSR count). The number of nitrogens with one attached hydrogen (secondary N) is 1. The van der Waals surface area contributed by atoms with Gasteiger partial charge in [-0.15, -0.1) is 10.2 Å². The molecule has 2 heterocycles. The third kappa shape index (κ3) is 2.99. The van der Waals surface area contributed by atoms with Gasteiger partial charge in [0.15, 0.2) is 11.4 Å². The summed E-state index contributed by atoms with van der Waals surface area (Å²) in [6.07, 6.45) is 0. The highest BCUT2D eigenvalue weighted by atomic mass is 16.6. The number of benzene rings is 1. The van der Waals surface area contributed by atoms with Crippen LogP contribution in [0.15, 0.2) is 57.0 Å². The van der Waals surface area contributed by atoms with Crippen molar-refractivity contribution in [3.8, 4) is 5.69 Å². The average Bonchev–Trinajstić information content (AvgIpc) is 2.77. The number of para-hydroxylation sites is 1. The number of hydrogen-bond acceptors (Lipinski definition) is 6. The summed E-state index contributed by atoms with van der Waals surface area (Å²) in [4.78, 5) is 24.8. The fraction of sp³-hybridized carbons (Fsp3) is 0.294. The first-order valence-electron chi connectivity index (χ1n) is 7.92. The van der Waals surface area contributed by atoms with E-state index in [4.69, 9.17) is 4.74 Å². The van der Waals surface area contributed by atoms with Gasteiger partial charge in [-0.05, 0) is 32.9 Å². The van der Waals surface area contributed by atoms with Crippen LogP contribution in [0.4, 0.5) is 5.69 Å². The van der Waals surface area contributed by atoms with Gasteiger partial charge in [-0.25, -0.2) is 4.68 Å². The fourth-order valence-corrected chi connectivity index (χ4v) is 2.60. The van der Waals surface area contributed by atoms with E-state index in [2.05, 4.69) is 15.5 Å². The molecular weight excluding hydrogens is 338 g/mol. The monoisotopic (exact) mass is 357 g/mol. The molecule has 0 fully saturated rings. The standard InChI is InChI=1S/C17H19N5O4/c1-10-12(15(24)22(21(10)4)11-8-6-5-7-9-11)19-20-13-14(23)18-17(2,3)26-16(13)25/h5-9,25H,1-4H3,(H,18,23)/b20-19+. The first-order chi connectivity index (χ1) is 12.2. The van der Waals surface area contributed by atoms with Crippen LogP contribution in [0.3, 0.4) is 0 Å². The number of amides is 1. The van der Waals surface area contributed by atoms with Crippen LogP contribution in [0.2, 0.25) is 0 Å². The van der Waals surface area contributed by atoms with Gasteiger partial charge in [0.2, 0.25) is 5.70 Å². The Labute approximate surface area is 149 Å². The van der Waals surface area contributed by atoms with Gasteiger partial charge in [0, 0.05) is 7.05 Å². The molecule has 1 aliphatic rings. The van der Waals surface area contributed by atoms with E-state index in [0.29, 0.717) is 11.4 Å². The van der Waals surface area contributed by atoms with E-state index in [0.717, 1.165) is 0 Å². The highest BCUT2D eigenvalue weighted by Gasteiger charge is 2.34. The Kier molecular flexibility index (Phi) is 4.15. The van der Waals surface area contributed by atoms with E-state index in [1.807, 2.05) is 18.2 Å². The molecule has 0 bridgehead atoms. The van der Waals surface area contributed by atoms with Crippen molar-refractivity contribution in [3.63, 3.8) is 0 Å². The first kappa shape index (κ1) is 17.5. The maximum Gasteiger partial charge on any atom is 0.313 e. The van der Waals surface area contributed by atoms with E-state index in [9.17, 15) is 14.7 Å². The molecule has 26 heavy (non-hydrogen) atoms. The first-order valence-corrected chi connectivity index (χ1v) is 7.92. The number of aliphatic hydroxyl groups is 1. The van der Waals surface area contributed by atoms with Gasteiger partial charge in [0.05, 0.1) is 11.4 Å². The second kappa shape index (κ2) is 6.17. The second-order valence-corrected chi connectivity index (χ2v) is 6.33. The molecule has 2 N–H and O–H groups in total. The van der Waals surface area contributed by atoms with Crippen molar-refractivity contribution in [2.24, 2.45) is 17.3 Å². The van der Waals surface area contributed by atoms with Crippen LogP contribution < -0.4 is 10.9 Å². The zero-order valence-corrected chi connectivity index (χ0v) is 14.8. The highest BCUT2D eigenvalue weighted by Crippen LogP contribution is 2.23. The number of aliphatic hydroxyl groups excluding tert-OH is 1. The SMILES string of the molecule is Cc1c(/N=N/C2=C(O)OC(C)(C)NC2=O)c(=O)n(-c2ccccc2)n1C. The Bertz CT molecular complexity index is 983. The molecule has 9 heteroatoms. The number of carbonyl (C=O) groups is 1. The molecule has 0 spiro atoms. The molecule has 0 saturated carbocycles. The zero-order chi connectivity index (χ0) is 19.1. The number of ether oxygens (including phenoxy) is 1. The smallest absolute Gasteiger partial charge is 0.313 e. The van der Waals surface area contributed by atoms with Crippen LogP contribution in [0, 0.1) is 6.92 Å². The maximum atomic E-state index is 12.7. The number of hydrogen-bond donors (Lipinski definition) is 2. The lowest BCUT2D eigenvalue weighted by molar-refractivity contribution is -0.134. The van der Waals surface area contributed by atoms with Crippen LogP contribution in [-0.4, -0.2) is 26.1 Å². The Morgan fingerprint density at radius 2 is 1.81 bits per heavy atom. The summed E-state index contributed by atoms with van der Waals surface area (Å²) >= 11 is 0. The minimum Gasteiger partial charge on any atom is -0.479 e. The topological polar surface area (TPSA) is 110 Å². The van der Waals surface area contributed by atoms with Crippen LogP contribution in [0.5, 0.6) is 0 Å². The minimum atomic E-state index is -1.05. The number of rotatable bonds is 3. The van der Waals surface area contributed by atoms with Crippen molar-refractivity contribution in [2.45, 2.75) is 26.5 Å². The van der Waals surface area contributed by atoms with Crippen LogP contribution in [0.1, 0.15) is 19.5 Å². The highest BCUT2D eigenvalue weighted by molar-refractivity contribution is 5.94. The molecule has 2 aromatic rings. The second-order valence-electron chi connectivity index (χ2n) is 6.33. The molecule has 1 aliphatic heterocycles. The predicted octanol–water partition coefficient (Wildman–Crippen LogP) is 2.18. The molecule has 9 nitrogen and oxygen atoms in total. The summed E-state index contributed by atoms with van der Waals surface area (Å²) in [5.74, 6) is -1.28. The largest absolute Gasteiger partial charge is 0.479 e. The Hall–Kier alpha value is -3.36. The summed E-state index contributed by atoms with van der Waals surface area (Å²) in [5, 5.41) is 20.0. The normalized spacial score (nSPS) is 16.7. The Morgan fingerprint density at radius 3 is 2.42 bits per heavy atom. The third-order valence-corrected chi connectivity index (χ3v) is 3.96. The predicted molar refractivity (Wildman–Crippen MR) is 93.2 cm³/mol. The molecule has 0 unspecified atom stereocenters. The van der Waals surface area contributed by atoms with E-state index in [-0.39, 0.29) is 5.69 Å². The average molecular weight is 357 g/mol. The molecular formula is C17H19N5O4. The summed E-state index contributed by atoms with van der Waals surface area (Å²) in [7, 11) is 1.72. The van der Waals surface area contributed by atoms with E-state index >= 15 is 0 Å². The van der Waals surface area contributed by atoms with Crippen molar-refractivity contribution >= 4 is 11.6 Å². The van der Waals surface area contributed by atoms with Gasteiger partial charge in [0.1, 0.15) is 0 Å². The van der Waals surface area contributed by atoms with Crippen molar-refractivity contribution < 1.29 is 14.6 Å². The van der Waals surface area contributed by atoms with Gasteiger partial charge in [-0.3, -0.25) is 14.3 Å². The minimum absolute atomic E-state index is 0.0642. The molecule has 0 aliphatic carbocycles. The van der Waals surface area contributed by atoms with Gasteiger partial charge >= 0.3 is 5.95 Å². The van der Waals surface area contributed by atoms with Crippen molar-refractivity contribution in [3.05, 3.63) is 58.0 Å². The Morgan fingerprint density at radius 1 is 1.15 bits per heavy atom. The van der Waals surface area contributed by atoms with Crippen molar-refractivity contribution in [2.75, 3.05) is 0 Å². The molecule has 0 radical (unpaired) electrons. The van der Waals surface area contributed by atoms with E-state index < -0.39 is 28.8 Å². The van der Waals surface area contributed by atoms with Crippen molar-refractivity contribution in [1.82, 2.24) is 14.7 Å². The van der Waals surface area contributed by atoms with Gasteiger partial charge < -0.3 is 15.2 Å². The van der Waals surface area contributed by atoms with E-state index in [1.54, 1.807) is 44.6 Å². The third-order valence-electron chi connectivity index (χ3n) is 3.96. The zero-order valence-electron chi connectivity index (χ0n) is 14.8. The molecule has 136 valence electrons. The van der Waals surface area contributed by atoms with Crippen LogP contribution >= 0.6 is 0 Å². The lowest BCUT2D eigenvalue weighted by Gasteiger charge is -2.30. The fourth-order valence-electron chi connectivity index (χ4n) is 2.60. The summed E-state index contributed by atoms with van der Waals surface area (Å²) in [6, 6.07) is 9.07. The summed E-state index contributed by atoms with van der Waals surface area (Å²) < 4.78 is 8.25. The lowest BCUT2D eigenvalue weighted by Crippen LogP contribution is -2.49. The van der Waals surface area contributed by atoms with Crippen LogP contribution in [0.25, 0.3) is 5.69 Å². The number of nitrogens with zero attached hydrogens (tertiary/aromatic N) is 4. The summed E-state index contributed by atoms with van der Waals surface area (Å²) in [5.41, 5.74) is -0.541. The molecule has 0 saturated heterocycles. The van der Waals surface area contributed by atoms with Gasteiger partial charge in [-0.1, -0.05) is 18.2 Å². The number of aromatic nitrogens is 2. The molecule has 1 amide bonds. The Balaban J connectivity index is 2.03. The molecule has 0 atom stereocenters. The lowest BCUT2D eigenvalue weighted by atomic mass is 10.2. The number of carbonyl (C=O) groups excluding carboxylic acids is 1.